The van der Waals surface area contributed by atoms with Crippen molar-refractivity contribution in [2.45, 2.75) is 32.4 Å². The molecule has 2 unspecified atom stereocenters. The molecule has 116 valence electrons. The highest BCUT2D eigenvalue weighted by Gasteiger charge is 2.27. The van der Waals surface area contributed by atoms with Gasteiger partial charge in [-0.05, 0) is 45.0 Å². The van der Waals surface area contributed by atoms with Crippen molar-refractivity contribution in [3.63, 3.8) is 0 Å². The van der Waals surface area contributed by atoms with Crippen LogP contribution in [0.4, 0.5) is 0 Å². The van der Waals surface area contributed by atoms with Crippen molar-refractivity contribution in [3.8, 4) is 0 Å². The summed E-state index contributed by atoms with van der Waals surface area (Å²) in [6.45, 7) is 5.99. The van der Waals surface area contributed by atoms with Gasteiger partial charge in [0.05, 0.1) is 6.04 Å². The van der Waals surface area contributed by atoms with E-state index in [0.29, 0.717) is 12.3 Å². The zero-order valence-electron chi connectivity index (χ0n) is 13.1. The number of fused-ring (bicyclic) bond motifs is 1. The van der Waals surface area contributed by atoms with Crippen LogP contribution < -0.4 is 5.32 Å². The first kappa shape index (κ1) is 14.9. The van der Waals surface area contributed by atoms with Crippen molar-refractivity contribution in [3.05, 3.63) is 59.7 Å². The first-order chi connectivity index (χ1) is 10.5. The zero-order valence-corrected chi connectivity index (χ0v) is 13.1. The van der Waals surface area contributed by atoms with Crippen LogP contribution in [-0.2, 0) is 5.60 Å². The number of hydrogen-bond acceptors (Lipinski definition) is 4. The first-order valence-corrected chi connectivity index (χ1v) is 7.47. The molecule has 0 aliphatic heterocycles. The summed E-state index contributed by atoms with van der Waals surface area (Å²) in [5.74, 6) is 2.21. The van der Waals surface area contributed by atoms with Gasteiger partial charge >= 0.3 is 0 Å². The van der Waals surface area contributed by atoms with Crippen LogP contribution in [-0.4, -0.2) is 11.7 Å². The summed E-state index contributed by atoms with van der Waals surface area (Å²) in [5, 5.41) is 14.9. The summed E-state index contributed by atoms with van der Waals surface area (Å²) < 4.78 is 11.4. The fraction of sp³-hybridized carbons (Fsp3) is 0.333. The second-order valence-electron chi connectivity index (χ2n) is 5.97. The number of aryl methyl sites for hydroxylation is 1. The van der Waals surface area contributed by atoms with Crippen molar-refractivity contribution in [1.82, 2.24) is 5.32 Å². The topological polar surface area (TPSA) is 58.5 Å². The number of para-hydroxylation sites is 1. The Balaban J connectivity index is 1.70. The lowest BCUT2D eigenvalue weighted by molar-refractivity contribution is 0.0307. The number of furan rings is 2. The van der Waals surface area contributed by atoms with Gasteiger partial charge in [-0.3, -0.25) is 0 Å². The molecule has 3 rings (SSSR count). The van der Waals surface area contributed by atoms with Crippen LogP contribution in [0.1, 0.15) is 37.2 Å². The van der Waals surface area contributed by atoms with Crippen LogP contribution in [0.5, 0.6) is 0 Å². The fourth-order valence-electron chi connectivity index (χ4n) is 2.48. The van der Waals surface area contributed by atoms with Crippen LogP contribution in [0.3, 0.4) is 0 Å². The van der Waals surface area contributed by atoms with E-state index < -0.39 is 5.60 Å². The van der Waals surface area contributed by atoms with E-state index in [-0.39, 0.29) is 6.04 Å². The molecule has 0 saturated heterocycles. The molecule has 4 heteroatoms. The summed E-state index contributed by atoms with van der Waals surface area (Å²) in [7, 11) is 0. The lowest BCUT2D eigenvalue weighted by Gasteiger charge is -2.23. The molecule has 0 spiro atoms. The molecule has 3 aromatic rings. The first-order valence-electron chi connectivity index (χ1n) is 7.47. The van der Waals surface area contributed by atoms with E-state index in [1.165, 1.54) is 0 Å². The third kappa shape index (κ3) is 2.93. The van der Waals surface area contributed by atoms with Gasteiger partial charge in [-0.1, -0.05) is 18.2 Å². The minimum Gasteiger partial charge on any atom is -0.463 e. The lowest BCUT2D eigenvalue weighted by Crippen LogP contribution is -2.36. The number of nitrogens with one attached hydrogen (secondary N) is 1. The largest absolute Gasteiger partial charge is 0.463 e. The van der Waals surface area contributed by atoms with E-state index in [4.69, 9.17) is 8.83 Å². The molecule has 0 fully saturated rings. The highest BCUT2D eigenvalue weighted by molar-refractivity contribution is 5.77. The summed E-state index contributed by atoms with van der Waals surface area (Å²) in [4.78, 5) is 0. The molecular formula is C18H21NO3. The Labute approximate surface area is 129 Å². The summed E-state index contributed by atoms with van der Waals surface area (Å²) >= 11 is 0. The highest BCUT2D eigenvalue weighted by Crippen LogP contribution is 2.26. The Hall–Kier alpha value is -2.04. The monoisotopic (exact) mass is 299 g/mol. The van der Waals surface area contributed by atoms with Gasteiger partial charge in [0.1, 0.15) is 28.5 Å². The maximum absolute atomic E-state index is 10.5. The molecule has 2 atom stereocenters. The quantitative estimate of drug-likeness (QED) is 0.750. The van der Waals surface area contributed by atoms with Crippen LogP contribution in [0.2, 0.25) is 0 Å². The van der Waals surface area contributed by atoms with E-state index in [2.05, 4.69) is 5.32 Å². The van der Waals surface area contributed by atoms with Gasteiger partial charge in [0, 0.05) is 11.9 Å². The van der Waals surface area contributed by atoms with Gasteiger partial charge in [-0.15, -0.1) is 0 Å². The van der Waals surface area contributed by atoms with Crippen LogP contribution in [0.15, 0.2) is 51.3 Å². The van der Waals surface area contributed by atoms with Crippen molar-refractivity contribution >= 4 is 11.0 Å². The second-order valence-corrected chi connectivity index (χ2v) is 5.97. The lowest BCUT2D eigenvalue weighted by atomic mass is 10.0. The normalized spacial score (nSPS) is 15.8. The third-order valence-electron chi connectivity index (χ3n) is 3.90. The van der Waals surface area contributed by atoms with E-state index in [9.17, 15) is 5.11 Å². The molecule has 0 aliphatic carbocycles. The van der Waals surface area contributed by atoms with Crippen molar-refractivity contribution in [2.24, 2.45) is 0 Å². The van der Waals surface area contributed by atoms with Crippen molar-refractivity contribution < 1.29 is 13.9 Å². The average Bonchev–Trinajstić information content (AvgIpc) is 3.11. The van der Waals surface area contributed by atoms with Crippen molar-refractivity contribution in [2.75, 3.05) is 6.54 Å². The highest BCUT2D eigenvalue weighted by atomic mass is 16.4. The van der Waals surface area contributed by atoms with Crippen molar-refractivity contribution in [1.29, 1.82) is 0 Å². The Morgan fingerprint density at radius 2 is 1.95 bits per heavy atom. The predicted octanol–water partition coefficient (Wildman–Crippen LogP) is 3.89. The second kappa shape index (κ2) is 5.63. The Morgan fingerprint density at radius 3 is 2.64 bits per heavy atom. The summed E-state index contributed by atoms with van der Waals surface area (Å²) in [6.07, 6.45) is 0. The maximum atomic E-state index is 10.5. The fourth-order valence-corrected chi connectivity index (χ4v) is 2.48. The Bertz CT molecular complexity index is 736. The smallest absolute Gasteiger partial charge is 0.136 e. The van der Waals surface area contributed by atoms with Gasteiger partial charge in [-0.25, -0.2) is 0 Å². The predicted molar refractivity (Wildman–Crippen MR) is 85.6 cm³/mol. The maximum Gasteiger partial charge on any atom is 0.136 e. The minimum atomic E-state index is -1.06. The Morgan fingerprint density at radius 1 is 1.18 bits per heavy atom. The van der Waals surface area contributed by atoms with Gasteiger partial charge in [-0.2, -0.15) is 0 Å². The molecule has 0 amide bonds. The molecule has 22 heavy (non-hydrogen) atoms. The number of aliphatic hydroxyl groups is 1. The molecule has 2 heterocycles. The standard InChI is InChI=1S/C18H21NO3/c1-12-8-9-17(21-12)18(3,20)11-19-13(2)16-10-14-6-4-5-7-15(14)22-16/h4-10,13,19-20H,11H2,1-3H3. The molecular weight excluding hydrogens is 278 g/mol. The van der Waals surface area contributed by atoms with Gasteiger partial charge in [0.15, 0.2) is 0 Å². The number of benzene rings is 1. The summed E-state index contributed by atoms with van der Waals surface area (Å²) in [6, 6.07) is 13.6. The number of hydrogen-bond donors (Lipinski definition) is 2. The van der Waals surface area contributed by atoms with Crippen LogP contribution in [0.25, 0.3) is 11.0 Å². The van der Waals surface area contributed by atoms with Gasteiger partial charge in [0.25, 0.3) is 0 Å². The van der Waals surface area contributed by atoms with Crippen LogP contribution >= 0.6 is 0 Å². The van der Waals surface area contributed by atoms with E-state index >= 15 is 0 Å². The van der Waals surface area contributed by atoms with Gasteiger partial charge in [0.2, 0.25) is 0 Å². The molecule has 4 nitrogen and oxygen atoms in total. The Kier molecular flexibility index (Phi) is 3.81. The molecule has 0 aliphatic rings. The molecule has 0 radical (unpaired) electrons. The zero-order chi connectivity index (χ0) is 15.7. The van der Waals surface area contributed by atoms with Crippen LogP contribution in [0, 0.1) is 6.92 Å². The third-order valence-corrected chi connectivity index (χ3v) is 3.90. The molecule has 0 bridgehead atoms. The number of rotatable bonds is 5. The summed E-state index contributed by atoms with van der Waals surface area (Å²) in [5.41, 5.74) is -0.186. The van der Waals surface area contributed by atoms with E-state index in [0.717, 1.165) is 22.5 Å². The molecule has 2 aromatic heterocycles. The molecule has 0 saturated carbocycles. The molecule has 2 N–H and O–H groups in total. The minimum absolute atomic E-state index is 0.00469. The molecule has 1 aromatic carbocycles. The average molecular weight is 299 g/mol. The van der Waals surface area contributed by atoms with E-state index in [1.807, 2.05) is 56.3 Å². The van der Waals surface area contributed by atoms with E-state index in [1.54, 1.807) is 6.92 Å². The van der Waals surface area contributed by atoms with Gasteiger partial charge < -0.3 is 19.3 Å². The SMILES string of the molecule is Cc1ccc(C(C)(O)CNC(C)c2cc3ccccc3o2)o1.